The Labute approximate surface area is 212 Å². The average Bonchev–Trinajstić information content (AvgIpc) is 2.85. The second-order valence-corrected chi connectivity index (χ2v) is 7.72. The van der Waals surface area contributed by atoms with E-state index in [0.717, 1.165) is 35.2 Å². The second-order valence-electron chi connectivity index (χ2n) is 7.72. The molecule has 3 aromatic carbocycles. The van der Waals surface area contributed by atoms with Crippen molar-refractivity contribution in [3.05, 3.63) is 70.8 Å². The van der Waals surface area contributed by atoms with Crippen molar-refractivity contribution in [2.24, 2.45) is 5.73 Å². The molecule has 0 saturated heterocycles. The van der Waals surface area contributed by atoms with Crippen LogP contribution in [0.25, 0.3) is 0 Å². The van der Waals surface area contributed by atoms with Crippen molar-refractivity contribution < 1.29 is 23.7 Å². The Kier molecular flexibility index (Phi) is 10.2. The molecule has 8 heteroatoms. The summed E-state index contributed by atoms with van der Waals surface area (Å²) < 4.78 is 22.8. The summed E-state index contributed by atoms with van der Waals surface area (Å²) in [7, 11) is 4.48. The lowest BCUT2D eigenvalue weighted by Crippen LogP contribution is -2.16. The van der Waals surface area contributed by atoms with E-state index in [1.165, 1.54) is 21.3 Å². The van der Waals surface area contributed by atoms with Gasteiger partial charge in [-0.05, 0) is 55.1 Å². The molecule has 0 aliphatic heterocycles. The summed E-state index contributed by atoms with van der Waals surface area (Å²) in [5.41, 5.74) is 9.81. The maximum absolute atomic E-state index is 13.4. The summed E-state index contributed by atoms with van der Waals surface area (Å²) in [5.74, 6) is 1.43. The summed E-state index contributed by atoms with van der Waals surface area (Å²) in [6.45, 7) is 4.58. The molecular weight excluding hydrogens is 468 g/mol. The van der Waals surface area contributed by atoms with Crippen LogP contribution in [-0.2, 0) is 12.8 Å². The molecule has 0 unspecified atom stereocenters. The van der Waals surface area contributed by atoms with Crippen LogP contribution in [-0.4, -0.2) is 33.8 Å². The van der Waals surface area contributed by atoms with Gasteiger partial charge in [0.1, 0.15) is 5.75 Å². The zero-order valence-corrected chi connectivity index (χ0v) is 21.6. The molecule has 188 valence electrons. The number of anilines is 1. The lowest BCUT2D eigenvalue weighted by molar-refractivity contribution is 0.102. The molecule has 35 heavy (non-hydrogen) atoms. The fraction of sp³-hybridized carbons (Fsp3) is 0.296. The van der Waals surface area contributed by atoms with Gasteiger partial charge in [-0.15, -0.1) is 12.4 Å². The first-order valence-electron chi connectivity index (χ1n) is 11.2. The van der Waals surface area contributed by atoms with Gasteiger partial charge in [0, 0.05) is 11.8 Å². The second kappa shape index (κ2) is 12.9. The van der Waals surface area contributed by atoms with E-state index < -0.39 is 0 Å². The number of ether oxygens (including phenoxy) is 4. The van der Waals surface area contributed by atoms with Gasteiger partial charge >= 0.3 is 0 Å². The Morgan fingerprint density at radius 2 is 1.60 bits per heavy atom. The van der Waals surface area contributed by atoms with Gasteiger partial charge < -0.3 is 30.0 Å². The Bertz CT molecular complexity index is 1150. The van der Waals surface area contributed by atoms with Crippen LogP contribution in [0.15, 0.2) is 48.5 Å². The van der Waals surface area contributed by atoms with Gasteiger partial charge in [0.15, 0.2) is 11.5 Å². The number of methoxy groups -OCH3 is 3. The Hall–Kier alpha value is -3.42. The smallest absolute Gasteiger partial charge is 0.259 e. The molecule has 1 amide bonds. The van der Waals surface area contributed by atoms with Gasteiger partial charge in [-0.1, -0.05) is 37.3 Å². The van der Waals surface area contributed by atoms with Gasteiger partial charge in [-0.25, -0.2) is 0 Å². The van der Waals surface area contributed by atoms with Crippen molar-refractivity contribution in [1.82, 2.24) is 0 Å². The summed E-state index contributed by atoms with van der Waals surface area (Å²) in [4.78, 5) is 13.4. The Morgan fingerprint density at radius 3 is 2.17 bits per heavy atom. The minimum atomic E-state index is -0.343. The summed E-state index contributed by atoms with van der Waals surface area (Å²) in [6.07, 6.45) is 1.57. The van der Waals surface area contributed by atoms with E-state index in [9.17, 15) is 4.79 Å². The van der Waals surface area contributed by atoms with Gasteiger partial charge in [-0.3, -0.25) is 4.79 Å². The highest BCUT2D eigenvalue weighted by molar-refractivity contribution is 6.08. The van der Waals surface area contributed by atoms with Crippen molar-refractivity contribution in [1.29, 1.82) is 0 Å². The number of hydrogen-bond acceptors (Lipinski definition) is 6. The van der Waals surface area contributed by atoms with Crippen LogP contribution in [0, 0.1) is 6.92 Å². The van der Waals surface area contributed by atoms with Crippen LogP contribution in [0.4, 0.5) is 5.69 Å². The number of rotatable bonds is 10. The highest BCUT2D eigenvalue weighted by Crippen LogP contribution is 2.48. The number of hydrogen-bond donors (Lipinski definition) is 2. The third-order valence-electron chi connectivity index (χ3n) is 5.58. The molecule has 0 aromatic heterocycles. The third-order valence-corrected chi connectivity index (χ3v) is 5.58. The zero-order chi connectivity index (χ0) is 24.7. The highest BCUT2D eigenvalue weighted by Gasteiger charge is 2.26. The van der Waals surface area contributed by atoms with Gasteiger partial charge in [0.05, 0.1) is 26.9 Å². The SMILES string of the molecule is CCc1cccc(C)c1NC(=O)c1cc(Oc2ccc(CCN)cc2)c(OC)c(OC)c1OC.Cl. The number of nitrogens with two attached hydrogens (primary N) is 1. The molecule has 0 saturated carbocycles. The molecule has 7 nitrogen and oxygen atoms in total. The van der Waals surface area contributed by atoms with Gasteiger partial charge in [0.25, 0.3) is 5.91 Å². The Morgan fingerprint density at radius 1 is 0.943 bits per heavy atom. The molecule has 0 aliphatic carbocycles. The normalized spacial score (nSPS) is 10.2. The van der Waals surface area contributed by atoms with Gasteiger partial charge in [-0.2, -0.15) is 0 Å². The summed E-state index contributed by atoms with van der Waals surface area (Å²) in [6, 6.07) is 15.1. The standard InChI is InChI=1S/C27H32N2O5.ClH/c1-6-19-9-7-8-17(2)23(19)29-27(30)21-16-22(25(32-4)26(33-5)24(21)31-3)34-20-12-10-18(11-13-20)14-15-28;/h7-13,16H,6,14-15,28H2,1-5H3,(H,29,30);1H. The molecule has 3 N–H and O–H groups in total. The molecule has 0 bridgehead atoms. The van der Waals surface area contributed by atoms with Crippen molar-refractivity contribution >= 4 is 24.0 Å². The molecular formula is C27H33ClN2O5. The molecule has 0 aliphatic rings. The van der Waals surface area contributed by atoms with Crippen LogP contribution >= 0.6 is 12.4 Å². The zero-order valence-electron chi connectivity index (χ0n) is 20.8. The number of nitrogens with one attached hydrogen (secondary N) is 1. The van der Waals surface area contributed by atoms with E-state index in [1.807, 2.05) is 56.3 Å². The van der Waals surface area contributed by atoms with Crippen molar-refractivity contribution in [3.63, 3.8) is 0 Å². The number of benzene rings is 3. The van der Waals surface area contributed by atoms with E-state index in [4.69, 9.17) is 24.7 Å². The number of para-hydroxylation sites is 1. The van der Waals surface area contributed by atoms with Crippen molar-refractivity contribution in [2.45, 2.75) is 26.7 Å². The number of amides is 1. The van der Waals surface area contributed by atoms with E-state index in [1.54, 1.807) is 6.07 Å². The lowest BCUT2D eigenvalue weighted by atomic mass is 10.0. The highest BCUT2D eigenvalue weighted by atomic mass is 35.5. The van der Waals surface area contributed by atoms with Crippen LogP contribution in [0.5, 0.6) is 28.7 Å². The monoisotopic (exact) mass is 500 g/mol. The maximum atomic E-state index is 13.4. The van der Waals surface area contributed by atoms with E-state index in [-0.39, 0.29) is 35.4 Å². The van der Waals surface area contributed by atoms with Crippen LogP contribution in [0.3, 0.4) is 0 Å². The summed E-state index contributed by atoms with van der Waals surface area (Å²) >= 11 is 0. The predicted octanol–water partition coefficient (Wildman–Crippen LogP) is 5.55. The third kappa shape index (κ3) is 6.18. The molecule has 3 aromatic rings. The minimum absolute atomic E-state index is 0. The predicted molar refractivity (Wildman–Crippen MR) is 141 cm³/mol. The maximum Gasteiger partial charge on any atom is 0.259 e. The van der Waals surface area contributed by atoms with Crippen LogP contribution in [0.1, 0.15) is 34.0 Å². The fourth-order valence-electron chi connectivity index (χ4n) is 3.83. The molecule has 0 atom stereocenters. The molecule has 0 radical (unpaired) electrons. The van der Waals surface area contributed by atoms with Crippen molar-refractivity contribution in [2.75, 3.05) is 33.2 Å². The quantitative estimate of drug-likeness (QED) is 0.379. The minimum Gasteiger partial charge on any atom is -0.492 e. The molecule has 0 fully saturated rings. The largest absolute Gasteiger partial charge is 0.492 e. The van der Waals surface area contributed by atoms with E-state index in [2.05, 4.69) is 5.32 Å². The van der Waals surface area contributed by atoms with E-state index >= 15 is 0 Å². The first kappa shape index (κ1) is 27.8. The van der Waals surface area contributed by atoms with Crippen molar-refractivity contribution in [3.8, 4) is 28.7 Å². The topological polar surface area (TPSA) is 92.0 Å². The van der Waals surface area contributed by atoms with E-state index in [0.29, 0.717) is 23.8 Å². The van der Waals surface area contributed by atoms with Crippen LogP contribution < -0.4 is 30.0 Å². The lowest BCUT2D eigenvalue weighted by Gasteiger charge is -2.20. The first-order valence-corrected chi connectivity index (χ1v) is 11.2. The van der Waals surface area contributed by atoms with Gasteiger partial charge in [0.2, 0.25) is 11.5 Å². The number of carbonyl (C=O) groups is 1. The number of carbonyl (C=O) groups excluding carboxylic acids is 1. The first-order chi connectivity index (χ1) is 16.5. The van der Waals surface area contributed by atoms with Crippen LogP contribution in [0.2, 0.25) is 0 Å². The molecule has 0 heterocycles. The Balaban J connectivity index is 0.00000432. The summed E-state index contributed by atoms with van der Waals surface area (Å²) in [5, 5.41) is 3.04. The number of aryl methyl sites for hydroxylation is 2. The average molecular weight is 501 g/mol. The molecule has 3 rings (SSSR count). The molecule has 0 spiro atoms. The fourth-order valence-corrected chi connectivity index (χ4v) is 3.83. The number of halogens is 1.